The SMILES string of the molecule is O=C(Nc1ccc(CN2CCC2)nc1)c1n[nH]c2ccc(-c3cccc(F)c3F)cc12. The number of rotatable bonds is 5. The zero-order chi connectivity index (χ0) is 21.4. The zero-order valence-corrected chi connectivity index (χ0v) is 16.5. The standard InChI is InChI=1S/C23H19F2N5O/c24-19-4-1-3-17(21(19)25)14-5-8-20-18(11-14)22(29-28-20)23(31)27-15-6-7-16(26-12-15)13-30-9-2-10-30/h1,3-8,11-12H,2,9-10,13H2,(H,27,31)(H,28,29). The topological polar surface area (TPSA) is 73.9 Å². The molecular formula is C23H19F2N5O. The maximum Gasteiger partial charge on any atom is 0.276 e. The zero-order valence-electron chi connectivity index (χ0n) is 16.5. The Labute approximate surface area is 176 Å². The van der Waals surface area contributed by atoms with Gasteiger partial charge in [-0.3, -0.25) is 19.8 Å². The van der Waals surface area contributed by atoms with Crippen molar-refractivity contribution in [3.8, 4) is 11.1 Å². The van der Waals surface area contributed by atoms with Gasteiger partial charge in [0.25, 0.3) is 5.91 Å². The van der Waals surface area contributed by atoms with Crippen LogP contribution in [0.25, 0.3) is 22.0 Å². The summed E-state index contributed by atoms with van der Waals surface area (Å²) in [5, 5.41) is 10.2. The number of aromatic nitrogens is 3. The number of halogens is 2. The maximum atomic E-state index is 14.2. The number of nitrogens with zero attached hydrogens (tertiary/aromatic N) is 3. The molecule has 5 rings (SSSR count). The minimum Gasteiger partial charge on any atom is -0.319 e. The van der Waals surface area contributed by atoms with Gasteiger partial charge in [0.1, 0.15) is 0 Å². The Morgan fingerprint density at radius 2 is 2.00 bits per heavy atom. The minimum absolute atomic E-state index is 0.122. The molecule has 2 aromatic heterocycles. The number of amides is 1. The lowest BCUT2D eigenvalue weighted by Crippen LogP contribution is -2.36. The molecule has 0 spiro atoms. The fourth-order valence-electron chi connectivity index (χ4n) is 3.63. The van der Waals surface area contributed by atoms with Crippen molar-refractivity contribution in [2.45, 2.75) is 13.0 Å². The first-order valence-electron chi connectivity index (χ1n) is 9.99. The number of carbonyl (C=O) groups excluding carboxylic acids is 1. The van der Waals surface area contributed by atoms with Gasteiger partial charge in [0, 0.05) is 17.5 Å². The number of hydrogen-bond donors (Lipinski definition) is 2. The molecule has 1 aliphatic heterocycles. The second kappa shape index (κ2) is 7.88. The third kappa shape index (κ3) is 3.77. The lowest BCUT2D eigenvalue weighted by molar-refractivity contribution is 0.102. The lowest BCUT2D eigenvalue weighted by Gasteiger charge is -2.30. The number of benzene rings is 2. The Hall–Kier alpha value is -3.65. The van der Waals surface area contributed by atoms with Gasteiger partial charge in [-0.15, -0.1) is 0 Å². The average Bonchev–Trinajstić information content (AvgIpc) is 3.17. The highest BCUT2D eigenvalue weighted by molar-refractivity contribution is 6.11. The van der Waals surface area contributed by atoms with Crippen LogP contribution in [-0.4, -0.2) is 39.1 Å². The van der Waals surface area contributed by atoms with E-state index >= 15 is 0 Å². The van der Waals surface area contributed by atoms with E-state index in [-0.39, 0.29) is 11.3 Å². The van der Waals surface area contributed by atoms with Crippen molar-refractivity contribution in [3.63, 3.8) is 0 Å². The monoisotopic (exact) mass is 419 g/mol. The van der Waals surface area contributed by atoms with Crippen LogP contribution in [0, 0.1) is 11.6 Å². The number of aromatic amines is 1. The van der Waals surface area contributed by atoms with Crippen molar-refractivity contribution in [1.29, 1.82) is 0 Å². The van der Waals surface area contributed by atoms with E-state index in [0.29, 0.717) is 22.2 Å². The quantitative estimate of drug-likeness (QED) is 0.504. The van der Waals surface area contributed by atoms with Gasteiger partial charge in [-0.05, 0) is 55.4 Å². The number of likely N-dealkylation sites (tertiary alicyclic amines) is 1. The fourth-order valence-corrected chi connectivity index (χ4v) is 3.63. The number of carbonyl (C=O) groups is 1. The second-order valence-electron chi connectivity index (χ2n) is 7.56. The molecule has 6 nitrogen and oxygen atoms in total. The largest absolute Gasteiger partial charge is 0.319 e. The smallest absolute Gasteiger partial charge is 0.276 e. The Balaban J connectivity index is 1.39. The molecular weight excluding hydrogens is 400 g/mol. The van der Waals surface area contributed by atoms with Crippen LogP contribution < -0.4 is 5.32 Å². The molecule has 1 amide bonds. The van der Waals surface area contributed by atoms with Crippen molar-refractivity contribution >= 4 is 22.5 Å². The highest BCUT2D eigenvalue weighted by Gasteiger charge is 2.18. The molecule has 4 aromatic rings. The molecule has 156 valence electrons. The van der Waals surface area contributed by atoms with Gasteiger partial charge in [-0.25, -0.2) is 8.78 Å². The fraction of sp³-hybridized carbons (Fsp3) is 0.174. The van der Waals surface area contributed by atoms with E-state index in [1.807, 2.05) is 12.1 Å². The van der Waals surface area contributed by atoms with Crippen molar-refractivity contribution in [2.24, 2.45) is 0 Å². The van der Waals surface area contributed by atoms with Crippen LogP contribution >= 0.6 is 0 Å². The van der Waals surface area contributed by atoms with Crippen molar-refractivity contribution < 1.29 is 13.6 Å². The van der Waals surface area contributed by atoms with E-state index in [9.17, 15) is 13.6 Å². The van der Waals surface area contributed by atoms with Crippen molar-refractivity contribution in [2.75, 3.05) is 18.4 Å². The number of H-pyrrole nitrogens is 1. The Kier molecular flexibility index (Phi) is 4.91. The molecule has 2 N–H and O–H groups in total. The molecule has 3 heterocycles. The van der Waals surface area contributed by atoms with Crippen LogP contribution in [0.4, 0.5) is 14.5 Å². The molecule has 1 saturated heterocycles. The summed E-state index contributed by atoms with van der Waals surface area (Å²) in [7, 11) is 0. The van der Waals surface area contributed by atoms with Crippen LogP contribution in [0.3, 0.4) is 0 Å². The molecule has 0 atom stereocenters. The van der Waals surface area contributed by atoms with Gasteiger partial charge in [0.15, 0.2) is 17.3 Å². The van der Waals surface area contributed by atoms with E-state index in [4.69, 9.17) is 0 Å². The number of fused-ring (bicyclic) bond motifs is 1. The number of hydrogen-bond acceptors (Lipinski definition) is 4. The molecule has 0 bridgehead atoms. The van der Waals surface area contributed by atoms with E-state index in [0.717, 1.165) is 31.4 Å². The number of anilines is 1. The second-order valence-corrected chi connectivity index (χ2v) is 7.56. The van der Waals surface area contributed by atoms with Crippen LogP contribution in [0.1, 0.15) is 22.6 Å². The minimum atomic E-state index is -0.930. The molecule has 8 heteroatoms. The van der Waals surface area contributed by atoms with Gasteiger partial charge in [0.05, 0.1) is 23.1 Å². The Morgan fingerprint density at radius 1 is 1.13 bits per heavy atom. The van der Waals surface area contributed by atoms with Gasteiger partial charge >= 0.3 is 0 Å². The summed E-state index contributed by atoms with van der Waals surface area (Å²) in [5.74, 6) is -2.27. The summed E-state index contributed by atoms with van der Waals surface area (Å²) >= 11 is 0. The van der Waals surface area contributed by atoms with E-state index in [2.05, 4.69) is 25.4 Å². The third-order valence-corrected chi connectivity index (χ3v) is 5.46. The maximum absolute atomic E-state index is 14.2. The predicted octanol–water partition coefficient (Wildman–Crippen LogP) is 4.36. The molecule has 0 saturated carbocycles. The third-order valence-electron chi connectivity index (χ3n) is 5.46. The Bertz CT molecular complexity index is 1260. The molecule has 0 unspecified atom stereocenters. The Morgan fingerprint density at radius 3 is 2.74 bits per heavy atom. The van der Waals surface area contributed by atoms with E-state index in [1.165, 1.54) is 18.6 Å². The van der Waals surface area contributed by atoms with Gasteiger partial charge in [-0.2, -0.15) is 5.10 Å². The summed E-state index contributed by atoms with van der Waals surface area (Å²) < 4.78 is 27.8. The normalized spacial score (nSPS) is 13.9. The van der Waals surface area contributed by atoms with E-state index in [1.54, 1.807) is 24.4 Å². The summed E-state index contributed by atoms with van der Waals surface area (Å²) in [4.78, 5) is 19.5. The summed E-state index contributed by atoms with van der Waals surface area (Å²) in [5.41, 5.74) is 2.87. The average molecular weight is 419 g/mol. The van der Waals surface area contributed by atoms with Crippen molar-refractivity contribution in [3.05, 3.63) is 77.8 Å². The summed E-state index contributed by atoms with van der Waals surface area (Å²) in [6, 6.07) is 12.7. The number of pyridine rings is 1. The van der Waals surface area contributed by atoms with Gasteiger partial charge in [0.2, 0.25) is 0 Å². The van der Waals surface area contributed by atoms with Crippen LogP contribution in [-0.2, 0) is 6.54 Å². The first kappa shape index (κ1) is 19.3. The molecule has 1 fully saturated rings. The highest BCUT2D eigenvalue weighted by atomic mass is 19.2. The van der Waals surface area contributed by atoms with Crippen LogP contribution in [0.2, 0.25) is 0 Å². The predicted molar refractivity (Wildman–Crippen MR) is 114 cm³/mol. The van der Waals surface area contributed by atoms with E-state index < -0.39 is 17.5 Å². The molecule has 1 aliphatic rings. The molecule has 31 heavy (non-hydrogen) atoms. The van der Waals surface area contributed by atoms with Crippen LogP contribution in [0.5, 0.6) is 0 Å². The lowest BCUT2D eigenvalue weighted by atomic mass is 10.0. The molecule has 2 aromatic carbocycles. The van der Waals surface area contributed by atoms with Crippen molar-refractivity contribution in [1.82, 2.24) is 20.1 Å². The number of nitrogens with one attached hydrogen (secondary N) is 2. The first-order chi connectivity index (χ1) is 15.1. The first-order valence-corrected chi connectivity index (χ1v) is 9.99. The molecule has 0 aliphatic carbocycles. The van der Waals surface area contributed by atoms with Gasteiger partial charge < -0.3 is 5.32 Å². The summed E-state index contributed by atoms with van der Waals surface area (Å²) in [6.45, 7) is 2.99. The van der Waals surface area contributed by atoms with Gasteiger partial charge in [-0.1, -0.05) is 18.2 Å². The summed E-state index contributed by atoms with van der Waals surface area (Å²) in [6.07, 6.45) is 2.84. The van der Waals surface area contributed by atoms with Crippen LogP contribution in [0.15, 0.2) is 54.7 Å². The molecule has 0 radical (unpaired) electrons. The highest BCUT2D eigenvalue weighted by Crippen LogP contribution is 2.28.